The Morgan fingerprint density at radius 2 is 2.17 bits per heavy atom. The predicted molar refractivity (Wildman–Crippen MR) is 107 cm³/mol. The number of amides is 3. The van der Waals surface area contributed by atoms with Crippen LogP contribution in [0.5, 0.6) is 0 Å². The molecule has 0 atom stereocenters. The lowest BCUT2D eigenvalue weighted by atomic mass is 10.2. The van der Waals surface area contributed by atoms with Crippen molar-refractivity contribution in [2.75, 3.05) is 5.32 Å². The lowest BCUT2D eigenvalue weighted by Crippen LogP contribution is -2.22. The highest BCUT2D eigenvalue weighted by Gasteiger charge is 2.27. The Morgan fingerprint density at radius 1 is 1.34 bits per heavy atom. The van der Waals surface area contributed by atoms with E-state index >= 15 is 0 Å². The highest BCUT2D eigenvalue weighted by Crippen LogP contribution is 2.35. The number of rotatable bonds is 4. The van der Waals surface area contributed by atoms with E-state index in [0.717, 1.165) is 34.8 Å². The van der Waals surface area contributed by atoms with Gasteiger partial charge < -0.3 is 10.6 Å². The third-order valence-corrected chi connectivity index (χ3v) is 5.80. The summed E-state index contributed by atoms with van der Waals surface area (Å²) in [5.74, 6) is 0.346. The number of imide groups is 1. The summed E-state index contributed by atoms with van der Waals surface area (Å²) in [6.45, 7) is 1.97. The average molecular weight is 405 g/mol. The average Bonchev–Trinajstić information content (AvgIpc) is 3.09. The van der Waals surface area contributed by atoms with Gasteiger partial charge in [-0.3, -0.25) is 10.1 Å². The summed E-state index contributed by atoms with van der Waals surface area (Å²) in [5.41, 5.74) is 3.00. The van der Waals surface area contributed by atoms with Crippen LogP contribution in [-0.4, -0.2) is 32.6 Å². The molecule has 0 spiro atoms. The maximum absolute atomic E-state index is 11.9. The van der Waals surface area contributed by atoms with Crippen LogP contribution in [0, 0.1) is 18.3 Å². The van der Waals surface area contributed by atoms with Crippen molar-refractivity contribution in [3.8, 4) is 16.6 Å². The molecule has 2 fully saturated rings. The van der Waals surface area contributed by atoms with Gasteiger partial charge in [0, 0.05) is 17.2 Å². The molecule has 0 unspecified atom stereocenters. The minimum atomic E-state index is -0.555. The van der Waals surface area contributed by atoms with E-state index < -0.39 is 11.9 Å². The molecule has 2 aliphatic rings. The summed E-state index contributed by atoms with van der Waals surface area (Å²) in [6.07, 6.45) is 5.37. The Kier molecular flexibility index (Phi) is 3.85. The Morgan fingerprint density at radius 3 is 2.83 bits per heavy atom. The maximum atomic E-state index is 11.9. The normalized spacial score (nSPS) is 17.4. The number of thiophene rings is 1. The molecular formula is C19H15N7O2S. The van der Waals surface area contributed by atoms with E-state index in [9.17, 15) is 14.9 Å². The predicted octanol–water partition coefficient (Wildman–Crippen LogP) is 2.39. The second-order valence-corrected chi connectivity index (χ2v) is 8.01. The summed E-state index contributed by atoms with van der Waals surface area (Å²) in [6, 6.07) is 5.66. The van der Waals surface area contributed by atoms with Gasteiger partial charge in [-0.1, -0.05) is 0 Å². The Balaban J connectivity index is 1.70. The molecule has 3 aromatic heterocycles. The molecule has 0 aromatic carbocycles. The SMILES string of the molecule is Cc1c(-c2ccc(C#N)s2)nc2c(/C=C3\NC(=O)NC3=O)cnn2c1NC1CC1. The summed E-state index contributed by atoms with van der Waals surface area (Å²) in [4.78, 5) is 29.6. The third kappa shape index (κ3) is 3.01. The van der Waals surface area contributed by atoms with Gasteiger partial charge >= 0.3 is 6.03 Å². The number of nitriles is 1. The van der Waals surface area contributed by atoms with Crippen LogP contribution < -0.4 is 16.0 Å². The van der Waals surface area contributed by atoms with Crippen molar-refractivity contribution in [1.29, 1.82) is 5.26 Å². The minimum Gasteiger partial charge on any atom is -0.367 e. The summed E-state index contributed by atoms with van der Waals surface area (Å²) in [7, 11) is 0. The molecule has 0 bridgehead atoms. The van der Waals surface area contributed by atoms with Crippen molar-refractivity contribution in [3.05, 3.63) is 40.0 Å². The molecule has 1 saturated heterocycles. The number of carbonyl (C=O) groups excluding carboxylic acids is 2. The number of urea groups is 1. The fraction of sp³-hybridized carbons (Fsp3) is 0.211. The molecule has 29 heavy (non-hydrogen) atoms. The fourth-order valence-electron chi connectivity index (χ4n) is 3.19. The van der Waals surface area contributed by atoms with E-state index in [1.165, 1.54) is 11.3 Å². The van der Waals surface area contributed by atoms with Crippen LogP contribution in [0.3, 0.4) is 0 Å². The van der Waals surface area contributed by atoms with Crippen molar-refractivity contribution >= 4 is 40.8 Å². The van der Waals surface area contributed by atoms with E-state index in [4.69, 9.17) is 4.98 Å². The highest BCUT2D eigenvalue weighted by atomic mass is 32.1. The van der Waals surface area contributed by atoms with Crippen LogP contribution in [0.4, 0.5) is 10.6 Å². The Hall–Kier alpha value is -3.71. The lowest BCUT2D eigenvalue weighted by Gasteiger charge is -2.14. The van der Waals surface area contributed by atoms with E-state index in [1.807, 2.05) is 13.0 Å². The summed E-state index contributed by atoms with van der Waals surface area (Å²) < 4.78 is 1.72. The highest BCUT2D eigenvalue weighted by molar-refractivity contribution is 7.16. The molecule has 144 valence electrons. The third-order valence-electron chi connectivity index (χ3n) is 4.80. The number of carbonyl (C=O) groups is 2. The van der Waals surface area contributed by atoms with E-state index in [2.05, 4.69) is 27.1 Å². The second-order valence-electron chi connectivity index (χ2n) is 6.93. The van der Waals surface area contributed by atoms with Crippen LogP contribution in [0.2, 0.25) is 0 Å². The van der Waals surface area contributed by atoms with E-state index in [-0.39, 0.29) is 5.70 Å². The van der Waals surface area contributed by atoms with Gasteiger partial charge in [-0.2, -0.15) is 14.9 Å². The zero-order valence-corrected chi connectivity index (χ0v) is 16.1. The smallest absolute Gasteiger partial charge is 0.326 e. The minimum absolute atomic E-state index is 0.147. The first-order chi connectivity index (χ1) is 14.0. The monoisotopic (exact) mass is 405 g/mol. The second kappa shape index (κ2) is 6.42. The van der Waals surface area contributed by atoms with Crippen molar-refractivity contribution in [2.45, 2.75) is 25.8 Å². The standard InChI is InChI=1S/C19H15N7O2S/c1-9-15(14-5-4-12(7-20)29-14)24-17-10(6-13-18(27)25-19(28)23-13)8-21-26(17)16(9)22-11-2-3-11/h4-6,8,11,22H,2-3H2,1H3,(H2,23,25,27,28)/b13-6-. The van der Waals surface area contributed by atoms with Crippen LogP contribution in [0.1, 0.15) is 28.8 Å². The van der Waals surface area contributed by atoms with Gasteiger partial charge in [0.25, 0.3) is 5.91 Å². The van der Waals surface area contributed by atoms with Crippen molar-refractivity contribution in [2.24, 2.45) is 0 Å². The number of nitrogens with one attached hydrogen (secondary N) is 3. The molecule has 10 heteroatoms. The van der Waals surface area contributed by atoms with E-state index in [0.29, 0.717) is 22.1 Å². The number of aromatic nitrogens is 3. The van der Waals surface area contributed by atoms with Gasteiger partial charge in [0.1, 0.15) is 22.5 Å². The molecule has 3 aromatic rings. The number of hydrogen-bond acceptors (Lipinski definition) is 7. The molecule has 3 amide bonds. The number of fused-ring (bicyclic) bond motifs is 1. The van der Waals surface area contributed by atoms with Gasteiger partial charge in [-0.15, -0.1) is 11.3 Å². The molecule has 1 aliphatic heterocycles. The first-order valence-corrected chi connectivity index (χ1v) is 9.84. The molecule has 5 rings (SSSR count). The summed E-state index contributed by atoms with van der Waals surface area (Å²) >= 11 is 1.38. The van der Waals surface area contributed by atoms with Gasteiger partial charge in [0.2, 0.25) is 0 Å². The van der Waals surface area contributed by atoms with Crippen LogP contribution in [0.25, 0.3) is 22.3 Å². The van der Waals surface area contributed by atoms with E-state index in [1.54, 1.807) is 22.9 Å². The van der Waals surface area contributed by atoms with Crippen LogP contribution in [-0.2, 0) is 4.79 Å². The molecule has 1 aliphatic carbocycles. The molecular weight excluding hydrogens is 390 g/mol. The van der Waals surface area contributed by atoms with Crippen molar-refractivity contribution in [1.82, 2.24) is 25.2 Å². The zero-order chi connectivity index (χ0) is 20.1. The lowest BCUT2D eigenvalue weighted by molar-refractivity contribution is -0.115. The first-order valence-electron chi connectivity index (χ1n) is 9.02. The van der Waals surface area contributed by atoms with Crippen LogP contribution in [0.15, 0.2) is 24.0 Å². The fourth-order valence-corrected chi connectivity index (χ4v) is 4.04. The van der Waals surface area contributed by atoms with Gasteiger partial charge in [-0.05, 0) is 38.0 Å². The number of nitrogens with zero attached hydrogens (tertiary/aromatic N) is 4. The zero-order valence-electron chi connectivity index (χ0n) is 15.3. The van der Waals surface area contributed by atoms with Gasteiger partial charge in [0.15, 0.2) is 5.65 Å². The molecule has 1 saturated carbocycles. The van der Waals surface area contributed by atoms with Crippen LogP contribution >= 0.6 is 11.3 Å². The van der Waals surface area contributed by atoms with Crippen molar-refractivity contribution in [3.63, 3.8) is 0 Å². The first kappa shape index (κ1) is 17.4. The number of hydrogen-bond donors (Lipinski definition) is 3. The summed E-state index contributed by atoms with van der Waals surface area (Å²) in [5, 5.41) is 21.8. The molecule has 9 nitrogen and oxygen atoms in total. The Labute approximate surface area is 169 Å². The maximum Gasteiger partial charge on any atom is 0.326 e. The number of anilines is 1. The van der Waals surface area contributed by atoms with Crippen molar-refractivity contribution < 1.29 is 9.59 Å². The quantitative estimate of drug-likeness (QED) is 0.452. The molecule has 4 heterocycles. The topological polar surface area (TPSA) is 124 Å². The molecule has 0 radical (unpaired) electrons. The largest absolute Gasteiger partial charge is 0.367 e. The van der Waals surface area contributed by atoms with Gasteiger partial charge in [0.05, 0.1) is 16.8 Å². The Bertz CT molecular complexity index is 1260. The molecule has 3 N–H and O–H groups in total. The van der Waals surface area contributed by atoms with Gasteiger partial charge in [-0.25, -0.2) is 9.78 Å².